The number of nitrogens with zero attached hydrogens (tertiary/aromatic N) is 2. The lowest BCUT2D eigenvalue weighted by atomic mass is 10.1. The molecule has 0 saturated carbocycles. The Kier molecular flexibility index (Phi) is 4.76. The number of aromatic hydroxyl groups is 2. The summed E-state index contributed by atoms with van der Waals surface area (Å²) in [7, 11) is 2.91. The van der Waals surface area contributed by atoms with Gasteiger partial charge in [0, 0.05) is 11.8 Å². The Morgan fingerprint density at radius 2 is 1.81 bits per heavy atom. The van der Waals surface area contributed by atoms with Crippen LogP contribution in [0.25, 0.3) is 16.9 Å². The number of hydrogen-bond donors (Lipinski definition) is 3. The summed E-state index contributed by atoms with van der Waals surface area (Å²) < 4.78 is 6.67. The van der Waals surface area contributed by atoms with Crippen LogP contribution in [0, 0.1) is 0 Å². The Morgan fingerprint density at radius 3 is 2.42 bits per heavy atom. The minimum atomic E-state index is -0.491. The first kappa shape index (κ1) is 17.3. The van der Waals surface area contributed by atoms with E-state index in [-0.39, 0.29) is 17.1 Å². The minimum Gasteiger partial charge on any atom is -0.504 e. The van der Waals surface area contributed by atoms with Crippen molar-refractivity contribution in [3.63, 3.8) is 0 Å². The first-order valence-corrected chi connectivity index (χ1v) is 7.63. The summed E-state index contributed by atoms with van der Waals surface area (Å²) in [4.78, 5) is 17.0. The van der Waals surface area contributed by atoms with Crippen LogP contribution in [0.2, 0.25) is 0 Å². The van der Waals surface area contributed by atoms with E-state index in [4.69, 9.17) is 9.57 Å². The quantitative estimate of drug-likeness (QED) is 0.479. The molecule has 0 aliphatic carbocycles. The van der Waals surface area contributed by atoms with E-state index >= 15 is 0 Å². The van der Waals surface area contributed by atoms with Crippen LogP contribution in [0.4, 0.5) is 0 Å². The molecule has 3 N–H and O–H groups in total. The van der Waals surface area contributed by atoms with Gasteiger partial charge in [-0.15, -0.1) is 0 Å². The summed E-state index contributed by atoms with van der Waals surface area (Å²) in [5, 5.41) is 23.7. The molecule has 26 heavy (non-hydrogen) atoms. The third-order valence-electron chi connectivity index (χ3n) is 3.74. The highest BCUT2D eigenvalue weighted by molar-refractivity contribution is 5.99. The molecule has 0 aliphatic rings. The molecule has 3 aromatic rings. The van der Waals surface area contributed by atoms with Gasteiger partial charge in [-0.05, 0) is 42.5 Å². The molecule has 8 nitrogen and oxygen atoms in total. The number of phenols is 2. The zero-order chi connectivity index (χ0) is 18.7. The molecule has 0 spiro atoms. The van der Waals surface area contributed by atoms with Crippen LogP contribution in [0.5, 0.6) is 17.2 Å². The topological polar surface area (TPSA) is 106 Å². The Bertz CT molecular complexity index is 934. The van der Waals surface area contributed by atoms with Gasteiger partial charge >= 0.3 is 0 Å². The molecule has 2 aromatic carbocycles. The van der Waals surface area contributed by atoms with Crippen molar-refractivity contribution in [3.05, 3.63) is 54.2 Å². The Hall–Kier alpha value is -3.52. The molecule has 0 unspecified atom stereocenters. The second-order valence-corrected chi connectivity index (χ2v) is 5.37. The zero-order valence-electron chi connectivity index (χ0n) is 14.1. The first-order chi connectivity index (χ1) is 12.5. The van der Waals surface area contributed by atoms with E-state index in [1.807, 2.05) is 0 Å². The number of benzene rings is 2. The van der Waals surface area contributed by atoms with E-state index in [0.29, 0.717) is 22.7 Å². The summed E-state index contributed by atoms with van der Waals surface area (Å²) >= 11 is 0. The smallest absolute Gasteiger partial charge is 0.278 e. The fourth-order valence-electron chi connectivity index (χ4n) is 2.44. The highest BCUT2D eigenvalue weighted by Gasteiger charge is 2.19. The molecule has 0 radical (unpaired) electrons. The number of methoxy groups -OCH3 is 1. The zero-order valence-corrected chi connectivity index (χ0v) is 14.1. The number of hydroxylamine groups is 1. The van der Waals surface area contributed by atoms with Gasteiger partial charge in [-0.2, -0.15) is 5.10 Å². The maximum atomic E-state index is 12.3. The summed E-state index contributed by atoms with van der Waals surface area (Å²) in [5.74, 6) is -0.359. The van der Waals surface area contributed by atoms with E-state index < -0.39 is 5.91 Å². The van der Waals surface area contributed by atoms with Crippen molar-refractivity contribution in [2.24, 2.45) is 0 Å². The third-order valence-corrected chi connectivity index (χ3v) is 3.74. The van der Waals surface area contributed by atoms with Crippen molar-refractivity contribution in [3.8, 4) is 34.2 Å². The molecule has 0 bridgehead atoms. The molecular weight excluding hydrogens is 338 g/mol. The molecule has 1 amide bonds. The SMILES string of the molecule is CONC(=O)c1cn(-c2ccc(OC)cc2)nc1-c1ccc(O)c(O)c1. The summed E-state index contributed by atoms with van der Waals surface area (Å²) in [5.41, 5.74) is 4.01. The fourth-order valence-corrected chi connectivity index (χ4v) is 2.44. The lowest BCUT2D eigenvalue weighted by Crippen LogP contribution is -2.21. The van der Waals surface area contributed by atoms with Gasteiger partial charge in [-0.1, -0.05) is 0 Å². The van der Waals surface area contributed by atoms with Gasteiger partial charge in [0.25, 0.3) is 5.91 Å². The Balaban J connectivity index is 2.10. The minimum absolute atomic E-state index is 0.243. The van der Waals surface area contributed by atoms with Crippen molar-refractivity contribution in [2.45, 2.75) is 0 Å². The van der Waals surface area contributed by atoms with Gasteiger partial charge in [-0.3, -0.25) is 9.63 Å². The van der Waals surface area contributed by atoms with E-state index in [1.54, 1.807) is 43.6 Å². The summed E-state index contributed by atoms with van der Waals surface area (Å²) in [6, 6.07) is 11.4. The molecule has 1 heterocycles. The van der Waals surface area contributed by atoms with Crippen molar-refractivity contribution in [1.29, 1.82) is 0 Å². The highest BCUT2D eigenvalue weighted by Crippen LogP contribution is 2.32. The number of phenolic OH excluding ortho intramolecular Hbond substituents is 2. The number of ether oxygens (including phenoxy) is 1. The number of aromatic nitrogens is 2. The number of amides is 1. The Labute approximate surface area is 149 Å². The van der Waals surface area contributed by atoms with Gasteiger partial charge in [-0.25, -0.2) is 10.2 Å². The van der Waals surface area contributed by atoms with Crippen molar-refractivity contribution in [2.75, 3.05) is 14.2 Å². The third kappa shape index (κ3) is 3.31. The van der Waals surface area contributed by atoms with E-state index in [1.165, 1.54) is 23.9 Å². The maximum Gasteiger partial charge on any atom is 0.278 e. The molecule has 0 aliphatic heterocycles. The number of carbonyl (C=O) groups excluding carboxylic acids is 1. The average molecular weight is 355 g/mol. The monoisotopic (exact) mass is 355 g/mol. The highest BCUT2D eigenvalue weighted by atomic mass is 16.6. The number of hydrogen-bond acceptors (Lipinski definition) is 6. The predicted molar refractivity (Wildman–Crippen MR) is 93.4 cm³/mol. The molecule has 134 valence electrons. The molecule has 0 atom stereocenters. The Morgan fingerprint density at radius 1 is 1.08 bits per heavy atom. The largest absolute Gasteiger partial charge is 0.504 e. The van der Waals surface area contributed by atoms with Gasteiger partial charge < -0.3 is 14.9 Å². The molecule has 0 saturated heterocycles. The van der Waals surface area contributed by atoms with Crippen LogP contribution >= 0.6 is 0 Å². The first-order valence-electron chi connectivity index (χ1n) is 7.63. The average Bonchev–Trinajstić information content (AvgIpc) is 3.10. The molecule has 3 rings (SSSR count). The second kappa shape index (κ2) is 7.16. The van der Waals surface area contributed by atoms with E-state index in [2.05, 4.69) is 10.6 Å². The van der Waals surface area contributed by atoms with Gasteiger partial charge in [0.2, 0.25) is 0 Å². The van der Waals surface area contributed by atoms with Crippen LogP contribution in [0.3, 0.4) is 0 Å². The van der Waals surface area contributed by atoms with Crippen LogP contribution < -0.4 is 10.2 Å². The molecule has 8 heteroatoms. The van der Waals surface area contributed by atoms with E-state index in [0.717, 1.165) is 0 Å². The summed E-state index contributed by atoms with van der Waals surface area (Å²) in [6.07, 6.45) is 1.55. The number of nitrogens with one attached hydrogen (secondary N) is 1. The molecule has 1 aromatic heterocycles. The summed E-state index contributed by atoms with van der Waals surface area (Å²) in [6.45, 7) is 0. The van der Waals surface area contributed by atoms with Crippen molar-refractivity contribution >= 4 is 5.91 Å². The number of carbonyl (C=O) groups is 1. The van der Waals surface area contributed by atoms with E-state index in [9.17, 15) is 15.0 Å². The van der Waals surface area contributed by atoms with Gasteiger partial charge in [0.15, 0.2) is 11.5 Å². The lowest BCUT2D eigenvalue weighted by Gasteiger charge is -2.04. The standard InChI is InChI=1S/C18H17N3O5/c1-25-13-6-4-12(5-7-13)21-10-14(18(24)20-26-2)17(19-21)11-3-8-15(22)16(23)9-11/h3-10,22-23H,1-2H3,(H,20,24). The van der Waals surface area contributed by atoms with Crippen LogP contribution in [0.1, 0.15) is 10.4 Å². The van der Waals surface area contributed by atoms with Crippen LogP contribution in [-0.4, -0.2) is 40.1 Å². The van der Waals surface area contributed by atoms with Crippen LogP contribution in [0.15, 0.2) is 48.7 Å². The number of rotatable bonds is 5. The molecule has 0 fully saturated rings. The predicted octanol–water partition coefficient (Wildman–Crippen LogP) is 2.25. The fraction of sp³-hybridized carbons (Fsp3) is 0.111. The maximum absolute atomic E-state index is 12.3. The molecular formula is C18H17N3O5. The van der Waals surface area contributed by atoms with Crippen molar-refractivity contribution < 1.29 is 24.6 Å². The van der Waals surface area contributed by atoms with Gasteiger partial charge in [0.1, 0.15) is 11.4 Å². The normalized spacial score (nSPS) is 10.5. The van der Waals surface area contributed by atoms with Gasteiger partial charge in [0.05, 0.1) is 25.5 Å². The van der Waals surface area contributed by atoms with Crippen LogP contribution in [-0.2, 0) is 4.84 Å². The lowest BCUT2D eigenvalue weighted by molar-refractivity contribution is 0.0538. The van der Waals surface area contributed by atoms with Crippen molar-refractivity contribution in [1.82, 2.24) is 15.3 Å². The second-order valence-electron chi connectivity index (χ2n) is 5.37.